The summed E-state index contributed by atoms with van der Waals surface area (Å²) in [6, 6.07) is 7.29. The lowest BCUT2D eigenvalue weighted by molar-refractivity contribution is 0.582. The topological polar surface area (TPSA) is 27.8 Å². The molecule has 0 amide bonds. The van der Waals surface area contributed by atoms with Crippen LogP contribution in [0.15, 0.2) is 24.4 Å². The molecule has 0 bridgehead atoms. The molecule has 0 radical (unpaired) electrons. The zero-order chi connectivity index (χ0) is 11.8. The third kappa shape index (κ3) is 2.09. The van der Waals surface area contributed by atoms with Crippen molar-refractivity contribution in [3.8, 4) is 0 Å². The Balaban J connectivity index is 1.87. The molecule has 0 spiro atoms. The molecule has 2 heterocycles. The number of aryl methyl sites for hydroxylation is 1. The standard InChI is InChI=1S/C15H20N2/c1-10-3-4-15-14(6-10)12(9-17-15)7-13-5-11(2)8-16-13/h3-4,6,9,11,13,16-17H,5,7-8H2,1-2H3. The maximum atomic E-state index is 3.61. The molecule has 0 saturated carbocycles. The third-order valence-electron chi connectivity index (χ3n) is 3.83. The molecule has 1 fully saturated rings. The van der Waals surface area contributed by atoms with Gasteiger partial charge in [0.05, 0.1) is 0 Å². The summed E-state index contributed by atoms with van der Waals surface area (Å²) in [5, 5.41) is 5.00. The van der Waals surface area contributed by atoms with E-state index >= 15 is 0 Å². The largest absolute Gasteiger partial charge is 0.361 e. The van der Waals surface area contributed by atoms with Crippen molar-refractivity contribution in [2.24, 2.45) is 5.92 Å². The minimum atomic E-state index is 0.657. The van der Waals surface area contributed by atoms with Crippen molar-refractivity contribution in [2.45, 2.75) is 32.7 Å². The van der Waals surface area contributed by atoms with Crippen LogP contribution in [0.5, 0.6) is 0 Å². The van der Waals surface area contributed by atoms with Crippen LogP contribution in [-0.4, -0.2) is 17.6 Å². The summed E-state index contributed by atoms with van der Waals surface area (Å²) in [6.45, 7) is 5.66. The lowest BCUT2D eigenvalue weighted by Gasteiger charge is -2.09. The van der Waals surface area contributed by atoms with Gasteiger partial charge in [-0.15, -0.1) is 0 Å². The first-order valence-corrected chi connectivity index (χ1v) is 6.52. The monoisotopic (exact) mass is 228 g/mol. The van der Waals surface area contributed by atoms with Crippen LogP contribution in [0.25, 0.3) is 10.9 Å². The van der Waals surface area contributed by atoms with Gasteiger partial charge in [0.2, 0.25) is 0 Å². The van der Waals surface area contributed by atoms with Gasteiger partial charge in [-0.2, -0.15) is 0 Å². The van der Waals surface area contributed by atoms with Gasteiger partial charge in [-0.25, -0.2) is 0 Å². The highest BCUT2D eigenvalue weighted by Crippen LogP contribution is 2.23. The van der Waals surface area contributed by atoms with Gasteiger partial charge in [0, 0.05) is 23.1 Å². The molecule has 90 valence electrons. The maximum Gasteiger partial charge on any atom is 0.0456 e. The van der Waals surface area contributed by atoms with Gasteiger partial charge in [0.1, 0.15) is 0 Å². The molecule has 3 rings (SSSR count). The molecule has 2 atom stereocenters. The van der Waals surface area contributed by atoms with Gasteiger partial charge < -0.3 is 10.3 Å². The minimum absolute atomic E-state index is 0.657. The lowest BCUT2D eigenvalue weighted by atomic mass is 10.0. The first-order valence-electron chi connectivity index (χ1n) is 6.52. The van der Waals surface area contributed by atoms with E-state index < -0.39 is 0 Å². The van der Waals surface area contributed by atoms with E-state index in [-0.39, 0.29) is 0 Å². The van der Waals surface area contributed by atoms with Gasteiger partial charge in [-0.3, -0.25) is 0 Å². The van der Waals surface area contributed by atoms with Gasteiger partial charge in [-0.05, 0) is 49.9 Å². The van der Waals surface area contributed by atoms with Gasteiger partial charge in [0.15, 0.2) is 0 Å². The number of aromatic amines is 1. The average Bonchev–Trinajstić information content (AvgIpc) is 2.87. The Morgan fingerprint density at radius 1 is 1.35 bits per heavy atom. The van der Waals surface area contributed by atoms with Gasteiger partial charge in [-0.1, -0.05) is 18.6 Å². The number of nitrogens with one attached hydrogen (secondary N) is 2. The Hall–Kier alpha value is -1.28. The molecule has 2 aromatic rings. The Bertz CT molecular complexity index is 527. The van der Waals surface area contributed by atoms with E-state index in [0.717, 1.165) is 12.3 Å². The molecule has 1 saturated heterocycles. The van der Waals surface area contributed by atoms with Gasteiger partial charge in [0.25, 0.3) is 0 Å². The highest BCUT2D eigenvalue weighted by molar-refractivity contribution is 5.83. The third-order valence-corrected chi connectivity index (χ3v) is 3.83. The van der Waals surface area contributed by atoms with Crippen molar-refractivity contribution >= 4 is 10.9 Å². The molecule has 1 aliphatic rings. The number of aromatic nitrogens is 1. The molecule has 2 heteroatoms. The quantitative estimate of drug-likeness (QED) is 0.812. The summed E-state index contributed by atoms with van der Waals surface area (Å²) >= 11 is 0. The van der Waals surface area contributed by atoms with Crippen LogP contribution in [0.3, 0.4) is 0 Å². The maximum absolute atomic E-state index is 3.61. The lowest BCUT2D eigenvalue weighted by Crippen LogP contribution is -2.23. The van der Waals surface area contributed by atoms with Crippen molar-refractivity contribution in [3.63, 3.8) is 0 Å². The van der Waals surface area contributed by atoms with E-state index in [4.69, 9.17) is 0 Å². The van der Waals surface area contributed by atoms with Crippen LogP contribution in [0.1, 0.15) is 24.5 Å². The van der Waals surface area contributed by atoms with E-state index in [2.05, 4.69) is 48.5 Å². The second-order valence-electron chi connectivity index (χ2n) is 5.51. The summed E-state index contributed by atoms with van der Waals surface area (Å²) in [5.41, 5.74) is 4.05. The molecule has 17 heavy (non-hydrogen) atoms. The molecule has 1 aliphatic heterocycles. The van der Waals surface area contributed by atoms with Gasteiger partial charge >= 0.3 is 0 Å². The van der Waals surface area contributed by atoms with E-state index in [1.165, 1.54) is 35.0 Å². The number of hydrogen-bond acceptors (Lipinski definition) is 1. The van der Waals surface area contributed by atoms with Crippen LogP contribution in [0.4, 0.5) is 0 Å². The first-order chi connectivity index (χ1) is 8.22. The molecule has 2 N–H and O–H groups in total. The Kier molecular flexibility index (Phi) is 2.67. The predicted octanol–water partition coefficient (Wildman–Crippen LogP) is 3.02. The zero-order valence-electron chi connectivity index (χ0n) is 10.6. The summed E-state index contributed by atoms with van der Waals surface area (Å²) < 4.78 is 0. The normalized spacial score (nSPS) is 24.6. The number of hydrogen-bond donors (Lipinski definition) is 2. The number of benzene rings is 1. The molecular weight excluding hydrogens is 208 g/mol. The zero-order valence-corrected chi connectivity index (χ0v) is 10.6. The second kappa shape index (κ2) is 4.19. The first kappa shape index (κ1) is 10.8. The number of H-pyrrole nitrogens is 1. The molecule has 1 aromatic heterocycles. The Morgan fingerprint density at radius 3 is 3.00 bits per heavy atom. The van der Waals surface area contributed by atoms with Crippen molar-refractivity contribution in [2.75, 3.05) is 6.54 Å². The van der Waals surface area contributed by atoms with Crippen LogP contribution < -0.4 is 5.32 Å². The van der Waals surface area contributed by atoms with E-state index in [0.29, 0.717) is 6.04 Å². The molecule has 2 unspecified atom stereocenters. The molecule has 1 aromatic carbocycles. The fraction of sp³-hybridized carbons (Fsp3) is 0.467. The van der Waals surface area contributed by atoms with Crippen LogP contribution >= 0.6 is 0 Å². The summed E-state index contributed by atoms with van der Waals surface area (Å²) in [5.74, 6) is 0.826. The van der Waals surface area contributed by atoms with Crippen LogP contribution in [0, 0.1) is 12.8 Å². The molecule has 2 nitrogen and oxygen atoms in total. The van der Waals surface area contributed by atoms with Crippen molar-refractivity contribution in [1.82, 2.24) is 10.3 Å². The Morgan fingerprint density at radius 2 is 2.24 bits per heavy atom. The highest BCUT2D eigenvalue weighted by atomic mass is 14.9. The summed E-state index contributed by atoms with van der Waals surface area (Å²) in [4.78, 5) is 3.37. The van der Waals surface area contributed by atoms with Crippen molar-refractivity contribution < 1.29 is 0 Å². The summed E-state index contributed by atoms with van der Waals surface area (Å²) in [6.07, 6.45) is 4.63. The molecule has 0 aliphatic carbocycles. The summed E-state index contributed by atoms with van der Waals surface area (Å²) in [7, 11) is 0. The fourth-order valence-electron chi connectivity index (χ4n) is 2.90. The van der Waals surface area contributed by atoms with Crippen LogP contribution in [-0.2, 0) is 6.42 Å². The van der Waals surface area contributed by atoms with E-state index in [1.807, 2.05) is 0 Å². The molecular formula is C15H20N2. The predicted molar refractivity (Wildman–Crippen MR) is 72.3 cm³/mol. The SMILES string of the molecule is Cc1ccc2[nH]cc(CC3CC(C)CN3)c2c1. The number of rotatable bonds is 2. The van der Waals surface area contributed by atoms with Crippen molar-refractivity contribution in [3.05, 3.63) is 35.5 Å². The van der Waals surface area contributed by atoms with E-state index in [1.54, 1.807) is 0 Å². The fourth-order valence-corrected chi connectivity index (χ4v) is 2.90. The Labute approximate surface area is 102 Å². The highest BCUT2D eigenvalue weighted by Gasteiger charge is 2.21. The minimum Gasteiger partial charge on any atom is -0.361 e. The smallest absolute Gasteiger partial charge is 0.0456 e. The van der Waals surface area contributed by atoms with Crippen molar-refractivity contribution in [1.29, 1.82) is 0 Å². The second-order valence-corrected chi connectivity index (χ2v) is 5.51. The van der Waals surface area contributed by atoms with Crippen LogP contribution in [0.2, 0.25) is 0 Å². The average molecular weight is 228 g/mol. The number of fused-ring (bicyclic) bond motifs is 1. The van der Waals surface area contributed by atoms with E-state index in [9.17, 15) is 0 Å².